The van der Waals surface area contributed by atoms with Gasteiger partial charge in [0, 0.05) is 57.1 Å². The molecule has 2 aromatic carbocycles. The summed E-state index contributed by atoms with van der Waals surface area (Å²) in [4.78, 5) is 35.1. The van der Waals surface area contributed by atoms with Gasteiger partial charge in [-0.2, -0.15) is 4.31 Å². The smallest absolute Gasteiger partial charge is 0.407 e. The van der Waals surface area contributed by atoms with E-state index in [1.54, 1.807) is 35.4 Å². The van der Waals surface area contributed by atoms with Gasteiger partial charge in [-0.3, -0.25) is 14.7 Å². The van der Waals surface area contributed by atoms with Crippen molar-refractivity contribution in [2.45, 2.75) is 94.8 Å². The van der Waals surface area contributed by atoms with Crippen molar-refractivity contribution in [2.75, 3.05) is 39.3 Å². The number of halogens is 1. The second kappa shape index (κ2) is 17.2. The van der Waals surface area contributed by atoms with Crippen LogP contribution >= 0.6 is 11.6 Å². The second-order valence-electron chi connectivity index (χ2n) is 15.5. The predicted octanol–water partition coefficient (Wildman–Crippen LogP) is 6.75. The fourth-order valence-corrected chi connectivity index (χ4v) is 9.06. The van der Waals surface area contributed by atoms with Gasteiger partial charge in [-0.1, -0.05) is 55.1 Å². The first-order valence-electron chi connectivity index (χ1n) is 18.8. The average Bonchev–Trinajstić information content (AvgIpc) is 3.14. The lowest BCUT2D eigenvalue weighted by molar-refractivity contribution is -0.138. The van der Waals surface area contributed by atoms with Crippen LogP contribution in [0.15, 0.2) is 71.8 Å². The SMILES string of the molecule is CC(C)(C)OC(=O)NC1CCN(C(=O)[C@@H]2CN(Cc3ccc(-c4ccc(Cl)cn4)cc3)CCN2S(=O)(=O)c2ccc(OCC3CCCCC3)cc2)CC1. The molecule has 3 aromatic rings. The van der Waals surface area contributed by atoms with Crippen LogP contribution in [0.5, 0.6) is 5.75 Å². The number of carbonyl (C=O) groups is 2. The van der Waals surface area contributed by atoms with Crippen molar-refractivity contribution < 1.29 is 27.5 Å². The highest BCUT2D eigenvalue weighted by molar-refractivity contribution is 7.89. The van der Waals surface area contributed by atoms with Crippen molar-refractivity contribution in [3.8, 4) is 17.0 Å². The zero-order chi connectivity index (χ0) is 37.6. The fraction of sp³-hybridized carbons (Fsp3) is 0.525. The Bertz CT molecular complexity index is 1790. The van der Waals surface area contributed by atoms with Gasteiger partial charge >= 0.3 is 6.09 Å². The maximum absolute atomic E-state index is 14.3. The molecular formula is C40H52ClN5O6S. The summed E-state index contributed by atoms with van der Waals surface area (Å²) < 4.78 is 41.4. The Labute approximate surface area is 319 Å². The van der Waals surface area contributed by atoms with Gasteiger partial charge in [0.05, 0.1) is 22.2 Å². The molecule has 1 aliphatic carbocycles. The first-order chi connectivity index (χ1) is 25.3. The molecule has 1 saturated carbocycles. The van der Waals surface area contributed by atoms with Crippen LogP contribution in [0.1, 0.15) is 71.3 Å². The van der Waals surface area contributed by atoms with E-state index in [4.69, 9.17) is 21.1 Å². The Kier molecular flexibility index (Phi) is 12.6. The van der Waals surface area contributed by atoms with Crippen molar-refractivity contribution in [1.82, 2.24) is 24.4 Å². The molecule has 1 N–H and O–H groups in total. The summed E-state index contributed by atoms with van der Waals surface area (Å²) in [6.07, 6.45) is 8.30. The van der Waals surface area contributed by atoms with Gasteiger partial charge < -0.3 is 19.7 Å². The summed E-state index contributed by atoms with van der Waals surface area (Å²) in [5, 5.41) is 3.50. The monoisotopic (exact) mass is 765 g/mol. The van der Waals surface area contributed by atoms with E-state index in [2.05, 4.69) is 15.2 Å². The van der Waals surface area contributed by atoms with Crippen LogP contribution < -0.4 is 10.1 Å². The summed E-state index contributed by atoms with van der Waals surface area (Å²) in [7, 11) is -4.01. The highest BCUT2D eigenvalue weighted by Crippen LogP contribution is 2.29. The Hall–Kier alpha value is -3.71. The Morgan fingerprint density at radius 3 is 2.23 bits per heavy atom. The molecule has 13 heteroatoms. The zero-order valence-corrected chi connectivity index (χ0v) is 32.6. The third-order valence-electron chi connectivity index (χ3n) is 10.3. The summed E-state index contributed by atoms with van der Waals surface area (Å²) in [6.45, 7) is 8.32. The minimum atomic E-state index is -4.01. The van der Waals surface area contributed by atoms with Crippen molar-refractivity contribution in [2.24, 2.45) is 5.92 Å². The van der Waals surface area contributed by atoms with Crippen LogP contribution in [0, 0.1) is 5.92 Å². The molecular weight excluding hydrogens is 714 g/mol. The van der Waals surface area contributed by atoms with Crippen molar-refractivity contribution in [3.63, 3.8) is 0 Å². The topological polar surface area (TPSA) is 121 Å². The van der Waals surface area contributed by atoms with Crippen LogP contribution in [0.2, 0.25) is 5.02 Å². The third kappa shape index (κ3) is 10.5. The van der Waals surface area contributed by atoms with Gasteiger partial charge in [0.2, 0.25) is 15.9 Å². The number of nitrogens with zero attached hydrogens (tertiary/aromatic N) is 4. The fourth-order valence-electron chi connectivity index (χ4n) is 7.38. The lowest BCUT2D eigenvalue weighted by Gasteiger charge is -2.42. The molecule has 3 aliphatic rings. The maximum atomic E-state index is 14.3. The lowest BCUT2D eigenvalue weighted by atomic mass is 9.90. The molecule has 0 spiro atoms. The molecule has 53 heavy (non-hydrogen) atoms. The van der Waals surface area contributed by atoms with Gasteiger partial charge in [-0.15, -0.1) is 0 Å². The number of sulfonamides is 1. The number of likely N-dealkylation sites (tertiary alicyclic amines) is 1. The van der Waals surface area contributed by atoms with Gasteiger partial charge in [0.15, 0.2) is 0 Å². The number of piperidine rings is 1. The molecule has 2 aliphatic heterocycles. The van der Waals surface area contributed by atoms with E-state index in [0.29, 0.717) is 62.3 Å². The average molecular weight is 766 g/mol. The maximum Gasteiger partial charge on any atom is 0.407 e. The van der Waals surface area contributed by atoms with E-state index in [9.17, 15) is 18.0 Å². The number of carbonyl (C=O) groups excluding carboxylic acids is 2. The van der Waals surface area contributed by atoms with Gasteiger partial charge in [0.25, 0.3) is 0 Å². The molecule has 0 bridgehead atoms. The van der Waals surface area contributed by atoms with Gasteiger partial charge in [0.1, 0.15) is 17.4 Å². The number of piperazine rings is 1. The summed E-state index contributed by atoms with van der Waals surface area (Å²) in [6, 6.07) is 17.3. The molecule has 0 unspecified atom stereocenters. The normalized spacial score (nSPS) is 19.8. The molecule has 0 radical (unpaired) electrons. The first kappa shape index (κ1) is 39.0. The minimum absolute atomic E-state index is 0.138. The molecule has 6 rings (SSSR count). The number of nitrogens with one attached hydrogen (secondary N) is 1. The molecule has 2 saturated heterocycles. The molecule has 1 aromatic heterocycles. The van der Waals surface area contributed by atoms with Crippen LogP contribution in [-0.2, 0) is 26.1 Å². The summed E-state index contributed by atoms with van der Waals surface area (Å²) >= 11 is 6.01. The number of rotatable bonds is 10. The largest absolute Gasteiger partial charge is 0.493 e. The number of pyridine rings is 1. The van der Waals surface area contributed by atoms with Crippen molar-refractivity contribution in [3.05, 3.63) is 77.4 Å². The van der Waals surface area contributed by atoms with E-state index in [1.807, 2.05) is 57.2 Å². The molecule has 2 amide bonds. The Morgan fingerprint density at radius 2 is 1.58 bits per heavy atom. The highest BCUT2D eigenvalue weighted by Gasteiger charge is 2.42. The van der Waals surface area contributed by atoms with Crippen molar-refractivity contribution in [1.29, 1.82) is 0 Å². The Morgan fingerprint density at radius 1 is 0.887 bits per heavy atom. The molecule has 11 nitrogen and oxygen atoms in total. The lowest BCUT2D eigenvalue weighted by Crippen LogP contribution is -2.61. The van der Waals surface area contributed by atoms with Crippen LogP contribution in [0.4, 0.5) is 4.79 Å². The van der Waals surface area contributed by atoms with Crippen LogP contribution in [0.25, 0.3) is 11.3 Å². The summed E-state index contributed by atoms with van der Waals surface area (Å²) in [5.41, 5.74) is 2.22. The number of alkyl carbamates (subject to hydrolysis) is 1. The second-order valence-corrected chi connectivity index (χ2v) is 17.8. The van der Waals surface area contributed by atoms with E-state index in [1.165, 1.54) is 23.6 Å². The first-order valence-corrected chi connectivity index (χ1v) is 20.6. The van der Waals surface area contributed by atoms with E-state index >= 15 is 0 Å². The number of amides is 2. The minimum Gasteiger partial charge on any atom is -0.493 e. The summed E-state index contributed by atoms with van der Waals surface area (Å²) in [5.74, 6) is 0.949. The van der Waals surface area contributed by atoms with E-state index < -0.39 is 27.8 Å². The number of hydrogen-bond acceptors (Lipinski definition) is 8. The van der Waals surface area contributed by atoms with E-state index in [0.717, 1.165) is 29.7 Å². The standard InChI is InChI=1S/C40H52ClN5O6S/c1-40(2,3)52-39(48)43-33-19-21-45(22-20-33)38(47)37-27-44(26-29-9-11-31(12-10-29)36-18-13-32(41)25-42-36)23-24-46(37)53(49,50)35-16-14-34(15-17-35)51-28-30-7-5-4-6-8-30/h9-18,25,30,33,37H,4-8,19-24,26-28H2,1-3H3,(H,43,48)/t37-/m0/s1. The van der Waals surface area contributed by atoms with E-state index in [-0.39, 0.29) is 29.9 Å². The van der Waals surface area contributed by atoms with Gasteiger partial charge in [-0.25, -0.2) is 13.2 Å². The van der Waals surface area contributed by atoms with Crippen LogP contribution in [-0.4, -0.2) is 96.5 Å². The highest BCUT2D eigenvalue weighted by atomic mass is 35.5. The number of hydrogen-bond donors (Lipinski definition) is 1. The quantitative estimate of drug-likeness (QED) is 0.241. The molecule has 3 fully saturated rings. The number of ether oxygens (including phenoxy) is 2. The zero-order valence-electron chi connectivity index (χ0n) is 31.0. The predicted molar refractivity (Wildman–Crippen MR) is 205 cm³/mol. The van der Waals surface area contributed by atoms with Gasteiger partial charge in [-0.05, 0) is 94.3 Å². The number of aromatic nitrogens is 1. The molecule has 1 atom stereocenters. The number of benzene rings is 2. The molecule has 286 valence electrons. The van der Waals surface area contributed by atoms with Crippen LogP contribution in [0.3, 0.4) is 0 Å². The molecule has 3 heterocycles. The Balaban J connectivity index is 1.15. The third-order valence-corrected chi connectivity index (χ3v) is 12.4. The van der Waals surface area contributed by atoms with Crippen molar-refractivity contribution >= 4 is 33.6 Å².